The van der Waals surface area contributed by atoms with Crippen LogP contribution in [0.3, 0.4) is 0 Å². The molecule has 3 N–H and O–H groups in total. The highest BCUT2D eigenvalue weighted by Crippen LogP contribution is 2.15. The predicted molar refractivity (Wildman–Crippen MR) is 44.7 cm³/mol. The third-order valence-electron chi connectivity index (χ3n) is 1.35. The van der Waals surface area contributed by atoms with Gasteiger partial charge in [-0.25, -0.2) is 4.79 Å². The van der Waals surface area contributed by atoms with E-state index in [1.807, 2.05) is 0 Å². The summed E-state index contributed by atoms with van der Waals surface area (Å²) in [6, 6.07) is 0. The Morgan fingerprint density at radius 2 is 2.23 bits per heavy atom. The molecule has 0 fully saturated rings. The third kappa shape index (κ3) is 1.64. The Balaban J connectivity index is 3.30. The van der Waals surface area contributed by atoms with E-state index in [1.54, 1.807) is 0 Å². The lowest BCUT2D eigenvalue weighted by Crippen LogP contribution is -2.15. The van der Waals surface area contributed by atoms with E-state index in [4.69, 9.17) is 10.8 Å². The molecule has 0 atom stereocenters. The normalized spacial score (nSPS) is 9.92. The van der Waals surface area contributed by atoms with Crippen LogP contribution in [0.5, 0.6) is 0 Å². The molecule has 70 valence electrons. The summed E-state index contributed by atoms with van der Waals surface area (Å²) >= 11 is 3.82. The molecule has 0 aliphatic carbocycles. The Bertz CT molecular complexity index is 360. The number of thiol groups is 1. The summed E-state index contributed by atoms with van der Waals surface area (Å²) in [5.41, 5.74) is 4.63. The molecule has 0 aliphatic rings. The number of carbonyl (C=O) groups is 2. The smallest absolute Gasteiger partial charge is 0.341 e. The first-order valence-electron chi connectivity index (χ1n) is 3.20. The number of aromatic nitrogens is 1. The van der Waals surface area contributed by atoms with E-state index in [9.17, 15) is 9.59 Å². The van der Waals surface area contributed by atoms with Gasteiger partial charge in [0.2, 0.25) is 5.76 Å². The number of carboxylic acids is 1. The molecule has 0 unspecified atom stereocenters. The topological polar surface area (TPSA) is 106 Å². The Hall–Kier alpha value is -1.50. The van der Waals surface area contributed by atoms with Crippen molar-refractivity contribution in [3.63, 3.8) is 0 Å². The first kappa shape index (κ1) is 9.59. The van der Waals surface area contributed by atoms with Gasteiger partial charge in [-0.15, -0.1) is 0 Å². The number of carboxylic acid groups (broad SMARTS) is 1. The zero-order chi connectivity index (χ0) is 10.0. The van der Waals surface area contributed by atoms with Crippen LogP contribution in [-0.4, -0.2) is 22.1 Å². The van der Waals surface area contributed by atoms with Crippen LogP contribution in [0.1, 0.15) is 26.6 Å². The summed E-state index contributed by atoms with van der Waals surface area (Å²) in [7, 11) is 0. The molecule has 1 aromatic heterocycles. The van der Waals surface area contributed by atoms with Crippen molar-refractivity contribution in [1.82, 2.24) is 5.16 Å². The molecular formula is C6H6N2O4S. The van der Waals surface area contributed by atoms with Crippen molar-refractivity contribution in [2.75, 3.05) is 0 Å². The van der Waals surface area contributed by atoms with Gasteiger partial charge < -0.3 is 15.4 Å². The van der Waals surface area contributed by atoms with E-state index >= 15 is 0 Å². The molecule has 1 heterocycles. The minimum absolute atomic E-state index is 0.0679. The van der Waals surface area contributed by atoms with Gasteiger partial charge in [-0.2, -0.15) is 12.6 Å². The van der Waals surface area contributed by atoms with Gasteiger partial charge in [0.05, 0.1) is 0 Å². The zero-order valence-electron chi connectivity index (χ0n) is 6.35. The minimum atomic E-state index is -1.31. The lowest BCUT2D eigenvalue weighted by molar-refractivity contribution is 0.0688. The summed E-state index contributed by atoms with van der Waals surface area (Å²) in [4.78, 5) is 21.3. The lowest BCUT2D eigenvalue weighted by Gasteiger charge is -1.91. The fraction of sp³-hybridized carbons (Fsp3) is 0.167. The SMILES string of the molecule is NC(=O)c1onc(CS)c1C(=O)O. The number of primary amides is 1. The van der Waals surface area contributed by atoms with Crippen molar-refractivity contribution in [3.8, 4) is 0 Å². The molecule has 1 aromatic rings. The van der Waals surface area contributed by atoms with Crippen LogP contribution in [-0.2, 0) is 5.75 Å². The zero-order valence-corrected chi connectivity index (χ0v) is 7.25. The number of hydrogen-bond acceptors (Lipinski definition) is 5. The third-order valence-corrected chi connectivity index (χ3v) is 1.65. The van der Waals surface area contributed by atoms with Gasteiger partial charge in [-0.1, -0.05) is 5.16 Å². The highest BCUT2D eigenvalue weighted by Gasteiger charge is 2.24. The van der Waals surface area contributed by atoms with Crippen molar-refractivity contribution in [1.29, 1.82) is 0 Å². The molecule has 13 heavy (non-hydrogen) atoms. The van der Waals surface area contributed by atoms with Crippen LogP contribution < -0.4 is 5.73 Å². The highest BCUT2D eigenvalue weighted by molar-refractivity contribution is 7.79. The number of nitrogens with two attached hydrogens (primary N) is 1. The van der Waals surface area contributed by atoms with Crippen LogP contribution in [0, 0.1) is 0 Å². The van der Waals surface area contributed by atoms with E-state index in [0.29, 0.717) is 0 Å². The maximum absolute atomic E-state index is 10.7. The molecule has 0 aromatic carbocycles. The number of carbonyl (C=O) groups excluding carboxylic acids is 1. The number of nitrogens with zero attached hydrogens (tertiary/aromatic N) is 1. The maximum atomic E-state index is 10.7. The molecule has 7 heteroatoms. The molecule has 1 rings (SSSR count). The molecule has 0 bridgehead atoms. The van der Waals surface area contributed by atoms with Crippen LogP contribution in [0.4, 0.5) is 0 Å². The van der Waals surface area contributed by atoms with Crippen LogP contribution in [0.15, 0.2) is 4.52 Å². The van der Waals surface area contributed by atoms with E-state index in [2.05, 4.69) is 22.3 Å². The maximum Gasteiger partial charge on any atom is 0.341 e. The van der Waals surface area contributed by atoms with Gasteiger partial charge in [0.15, 0.2) is 0 Å². The molecule has 0 saturated heterocycles. The molecule has 6 nitrogen and oxygen atoms in total. The van der Waals surface area contributed by atoms with Crippen LogP contribution in [0.25, 0.3) is 0 Å². The second-order valence-electron chi connectivity index (χ2n) is 2.16. The molecule has 0 spiro atoms. The van der Waals surface area contributed by atoms with Crippen LogP contribution in [0.2, 0.25) is 0 Å². The minimum Gasteiger partial charge on any atom is -0.477 e. The molecule has 0 aliphatic heterocycles. The molecular weight excluding hydrogens is 196 g/mol. The van der Waals surface area contributed by atoms with E-state index in [0.717, 1.165) is 0 Å². The number of hydrogen-bond donors (Lipinski definition) is 3. The fourth-order valence-corrected chi connectivity index (χ4v) is 1.04. The fourth-order valence-electron chi connectivity index (χ4n) is 0.820. The average Bonchev–Trinajstić information content (AvgIpc) is 2.46. The van der Waals surface area contributed by atoms with Gasteiger partial charge in [0, 0.05) is 5.75 Å². The standard InChI is InChI=1S/C6H6N2O4S/c7-5(9)4-3(6(10)11)2(1-13)8-12-4/h13H,1H2,(H2,7,9)(H,10,11). The second kappa shape index (κ2) is 3.48. The van der Waals surface area contributed by atoms with Gasteiger partial charge in [-0.3, -0.25) is 4.79 Å². The quantitative estimate of drug-likeness (QED) is 0.593. The molecule has 0 radical (unpaired) electrons. The first-order valence-corrected chi connectivity index (χ1v) is 3.83. The van der Waals surface area contributed by atoms with Crippen molar-refractivity contribution in [2.24, 2.45) is 5.73 Å². The van der Waals surface area contributed by atoms with E-state index in [-0.39, 0.29) is 17.0 Å². The lowest BCUT2D eigenvalue weighted by atomic mass is 10.2. The Morgan fingerprint density at radius 1 is 1.62 bits per heavy atom. The summed E-state index contributed by atoms with van der Waals surface area (Å²) in [6.07, 6.45) is 0. The Labute approximate surface area is 78.1 Å². The van der Waals surface area contributed by atoms with Crippen molar-refractivity contribution < 1.29 is 19.2 Å². The number of rotatable bonds is 3. The van der Waals surface area contributed by atoms with Crippen LogP contribution >= 0.6 is 12.6 Å². The molecule has 1 amide bonds. The second-order valence-corrected chi connectivity index (χ2v) is 2.48. The van der Waals surface area contributed by atoms with Crippen molar-refractivity contribution >= 4 is 24.5 Å². The monoisotopic (exact) mass is 202 g/mol. The highest BCUT2D eigenvalue weighted by atomic mass is 32.1. The van der Waals surface area contributed by atoms with Gasteiger partial charge in [0.25, 0.3) is 5.91 Å². The summed E-state index contributed by atoms with van der Waals surface area (Å²) in [5.74, 6) is -2.65. The van der Waals surface area contributed by atoms with Gasteiger partial charge in [-0.05, 0) is 0 Å². The number of aromatic carboxylic acids is 1. The van der Waals surface area contributed by atoms with E-state index in [1.165, 1.54) is 0 Å². The van der Waals surface area contributed by atoms with Gasteiger partial charge >= 0.3 is 5.97 Å². The summed E-state index contributed by atoms with van der Waals surface area (Å²) < 4.78 is 4.46. The van der Waals surface area contributed by atoms with Crippen molar-refractivity contribution in [3.05, 3.63) is 17.0 Å². The Morgan fingerprint density at radius 3 is 2.62 bits per heavy atom. The number of amides is 1. The summed E-state index contributed by atoms with van der Waals surface area (Å²) in [5, 5.41) is 12.0. The Kier molecular flexibility index (Phi) is 2.57. The van der Waals surface area contributed by atoms with Crippen molar-refractivity contribution in [2.45, 2.75) is 5.75 Å². The average molecular weight is 202 g/mol. The van der Waals surface area contributed by atoms with E-state index < -0.39 is 17.6 Å². The predicted octanol–water partition coefficient (Wildman–Crippen LogP) is -0.0985. The largest absolute Gasteiger partial charge is 0.477 e. The first-order chi connectivity index (χ1) is 6.07. The summed E-state index contributed by atoms with van der Waals surface area (Å²) in [6.45, 7) is 0. The molecule has 0 saturated carbocycles. The van der Waals surface area contributed by atoms with Gasteiger partial charge in [0.1, 0.15) is 11.3 Å².